The SMILES string of the molecule is CC(C)C[C@H](NC(=O)CC1CCCN1)C(=O)O. The lowest BCUT2D eigenvalue weighted by Crippen LogP contribution is -2.43. The number of amides is 1. The summed E-state index contributed by atoms with van der Waals surface area (Å²) in [5, 5.41) is 14.8. The molecule has 0 aromatic carbocycles. The first-order valence-electron chi connectivity index (χ1n) is 6.24. The summed E-state index contributed by atoms with van der Waals surface area (Å²) < 4.78 is 0. The molecule has 5 heteroatoms. The van der Waals surface area contributed by atoms with Gasteiger partial charge in [-0.05, 0) is 31.7 Å². The third-order valence-corrected chi connectivity index (χ3v) is 2.93. The summed E-state index contributed by atoms with van der Waals surface area (Å²) in [6.07, 6.45) is 2.93. The van der Waals surface area contributed by atoms with Crippen LogP contribution in [0.3, 0.4) is 0 Å². The smallest absolute Gasteiger partial charge is 0.326 e. The van der Waals surface area contributed by atoms with Gasteiger partial charge in [0.1, 0.15) is 6.04 Å². The zero-order valence-corrected chi connectivity index (χ0v) is 10.5. The fourth-order valence-electron chi connectivity index (χ4n) is 2.10. The molecule has 2 atom stereocenters. The van der Waals surface area contributed by atoms with Gasteiger partial charge in [-0.25, -0.2) is 4.79 Å². The third kappa shape index (κ3) is 5.17. The Morgan fingerprint density at radius 1 is 1.47 bits per heavy atom. The molecule has 17 heavy (non-hydrogen) atoms. The van der Waals surface area contributed by atoms with Gasteiger partial charge >= 0.3 is 5.97 Å². The number of rotatable bonds is 6. The average Bonchev–Trinajstić information content (AvgIpc) is 2.68. The average molecular weight is 242 g/mol. The van der Waals surface area contributed by atoms with Gasteiger partial charge in [0, 0.05) is 12.5 Å². The molecular weight excluding hydrogens is 220 g/mol. The maximum atomic E-state index is 11.7. The van der Waals surface area contributed by atoms with E-state index in [1.165, 1.54) is 0 Å². The molecule has 0 aromatic rings. The first kappa shape index (κ1) is 14.0. The highest BCUT2D eigenvalue weighted by molar-refractivity contribution is 5.83. The number of carbonyl (C=O) groups is 2. The van der Waals surface area contributed by atoms with E-state index in [1.807, 2.05) is 13.8 Å². The molecule has 1 rings (SSSR count). The standard InChI is InChI=1S/C12H22N2O3/c1-8(2)6-10(12(16)17)14-11(15)7-9-4-3-5-13-9/h8-10,13H,3-7H2,1-2H3,(H,14,15)(H,16,17)/t9?,10-/m0/s1. The highest BCUT2D eigenvalue weighted by Gasteiger charge is 2.23. The number of nitrogens with one attached hydrogen (secondary N) is 2. The third-order valence-electron chi connectivity index (χ3n) is 2.93. The molecular formula is C12H22N2O3. The minimum atomic E-state index is -0.952. The molecule has 3 N–H and O–H groups in total. The van der Waals surface area contributed by atoms with Gasteiger partial charge in [-0.1, -0.05) is 13.8 Å². The van der Waals surface area contributed by atoms with Crippen LogP contribution in [-0.4, -0.2) is 35.6 Å². The van der Waals surface area contributed by atoms with Crippen molar-refractivity contribution in [2.24, 2.45) is 5.92 Å². The monoisotopic (exact) mass is 242 g/mol. The van der Waals surface area contributed by atoms with Crippen LogP contribution in [0.4, 0.5) is 0 Å². The summed E-state index contributed by atoms with van der Waals surface area (Å²) in [7, 11) is 0. The van der Waals surface area contributed by atoms with Gasteiger partial charge in [0.2, 0.25) is 5.91 Å². The van der Waals surface area contributed by atoms with Gasteiger partial charge in [-0.15, -0.1) is 0 Å². The van der Waals surface area contributed by atoms with Crippen molar-refractivity contribution in [2.45, 2.75) is 51.6 Å². The minimum Gasteiger partial charge on any atom is -0.480 e. The van der Waals surface area contributed by atoms with Crippen molar-refractivity contribution in [3.63, 3.8) is 0 Å². The van der Waals surface area contributed by atoms with Gasteiger partial charge in [0.25, 0.3) is 0 Å². The summed E-state index contributed by atoms with van der Waals surface area (Å²) in [5.74, 6) is -0.870. The van der Waals surface area contributed by atoms with Crippen molar-refractivity contribution in [3.05, 3.63) is 0 Å². The number of aliphatic carboxylic acids is 1. The quantitative estimate of drug-likeness (QED) is 0.642. The Kier molecular flexibility index (Phi) is 5.41. The van der Waals surface area contributed by atoms with E-state index in [0.29, 0.717) is 12.8 Å². The van der Waals surface area contributed by atoms with E-state index in [9.17, 15) is 9.59 Å². The normalized spacial score (nSPS) is 21.5. The van der Waals surface area contributed by atoms with Crippen LogP contribution < -0.4 is 10.6 Å². The first-order chi connectivity index (χ1) is 7.99. The van der Waals surface area contributed by atoms with E-state index in [1.54, 1.807) is 0 Å². The van der Waals surface area contributed by atoms with Crippen molar-refractivity contribution < 1.29 is 14.7 Å². The zero-order valence-electron chi connectivity index (χ0n) is 10.5. The van der Waals surface area contributed by atoms with Crippen molar-refractivity contribution in [3.8, 4) is 0 Å². The van der Waals surface area contributed by atoms with Crippen molar-refractivity contribution in [1.29, 1.82) is 0 Å². The number of hydrogen-bond acceptors (Lipinski definition) is 3. The molecule has 1 amide bonds. The Bertz CT molecular complexity index is 273. The maximum absolute atomic E-state index is 11.7. The van der Waals surface area contributed by atoms with Crippen LogP contribution in [0, 0.1) is 5.92 Å². The summed E-state index contributed by atoms with van der Waals surface area (Å²) >= 11 is 0. The molecule has 1 aliphatic rings. The molecule has 1 fully saturated rings. The largest absolute Gasteiger partial charge is 0.480 e. The van der Waals surface area contributed by atoms with Gasteiger partial charge in [-0.3, -0.25) is 4.79 Å². The lowest BCUT2D eigenvalue weighted by Gasteiger charge is -2.17. The number of carbonyl (C=O) groups excluding carboxylic acids is 1. The molecule has 0 aliphatic carbocycles. The van der Waals surface area contributed by atoms with E-state index in [4.69, 9.17) is 5.11 Å². The number of carboxylic acid groups (broad SMARTS) is 1. The topological polar surface area (TPSA) is 78.4 Å². The van der Waals surface area contributed by atoms with Crippen molar-refractivity contribution in [1.82, 2.24) is 10.6 Å². The second kappa shape index (κ2) is 6.59. The Labute approximate surface area is 102 Å². The molecule has 1 aliphatic heterocycles. The van der Waals surface area contributed by atoms with E-state index < -0.39 is 12.0 Å². The molecule has 98 valence electrons. The van der Waals surface area contributed by atoms with Gasteiger partial charge < -0.3 is 15.7 Å². The molecule has 0 bridgehead atoms. The molecule has 1 heterocycles. The second-order valence-electron chi connectivity index (χ2n) is 5.09. The molecule has 1 saturated heterocycles. The van der Waals surface area contributed by atoms with Crippen LogP contribution in [0.5, 0.6) is 0 Å². The molecule has 0 spiro atoms. The molecule has 0 aromatic heterocycles. The van der Waals surface area contributed by atoms with Crippen molar-refractivity contribution in [2.75, 3.05) is 6.54 Å². The van der Waals surface area contributed by atoms with E-state index in [-0.39, 0.29) is 17.9 Å². The van der Waals surface area contributed by atoms with Crippen LogP contribution >= 0.6 is 0 Å². The van der Waals surface area contributed by atoms with E-state index in [2.05, 4.69) is 10.6 Å². The fourth-order valence-corrected chi connectivity index (χ4v) is 2.10. The maximum Gasteiger partial charge on any atom is 0.326 e. The minimum absolute atomic E-state index is 0.169. The Morgan fingerprint density at radius 3 is 2.65 bits per heavy atom. The van der Waals surface area contributed by atoms with Crippen LogP contribution in [0.2, 0.25) is 0 Å². The van der Waals surface area contributed by atoms with Gasteiger partial charge in [0.15, 0.2) is 0 Å². The predicted molar refractivity (Wildman–Crippen MR) is 64.7 cm³/mol. The summed E-state index contributed by atoms with van der Waals surface area (Å²) in [5.41, 5.74) is 0. The van der Waals surface area contributed by atoms with E-state index in [0.717, 1.165) is 19.4 Å². The molecule has 1 unspecified atom stereocenters. The lowest BCUT2D eigenvalue weighted by molar-refractivity contribution is -0.142. The van der Waals surface area contributed by atoms with Crippen LogP contribution in [0.1, 0.15) is 39.5 Å². The first-order valence-corrected chi connectivity index (χ1v) is 6.24. The molecule has 0 saturated carbocycles. The second-order valence-corrected chi connectivity index (χ2v) is 5.09. The summed E-state index contributed by atoms with van der Waals surface area (Å²) in [6, 6.07) is -0.549. The van der Waals surface area contributed by atoms with Gasteiger partial charge in [0.05, 0.1) is 0 Å². The molecule has 5 nitrogen and oxygen atoms in total. The van der Waals surface area contributed by atoms with Gasteiger partial charge in [-0.2, -0.15) is 0 Å². The van der Waals surface area contributed by atoms with E-state index >= 15 is 0 Å². The Hall–Kier alpha value is -1.10. The Morgan fingerprint density at radius 2 is 2.18 bits per heavy atom. The van der Waals surface area contributed by atoms with Crippen LogP contribution in [-0.2, 0) is 9.59 Å². The molecule has 0 radical (unpaired) electrons. The highest BCUT2D eigenvalue weighted by atomic mass is 16.4. The number of hydrogen-bond donors (Lipinski definition) is 3. The van der Waals surface area contributed by atoms with Crippen LogP contribution in [0.15, 0.2) is 0 Å². The van der Waals surface area contributed by atoms with Crippen molar-refractivity contribution >= 4 is 11.9 Å². The van der Waals surface area contributed by atoms with Crippen LogP contribution in [0.25, 0.3) is 0 Å². The highest BCUT2D eigenvalue weighted by Crippen LogP contribution is 2.10. The Balaban J connectivity index is 2.37. The fraction of sp³-hybridized carbons (Fsp3) is 0.833. The summed E-state index contributed by atoms with van der Waals surface area (Å²) in [4.78, 5) is 22.7. The number of carboxylic acids is 1. The summed E-state index contributed by atoms with van der Waals surface area (Å²) in [6.45, 7) is 4.84. The lowest BCUT2D eigenvalue weighted by atomic mass is 10.0. The predicted octanol–water partition coefficient (Wildman–Crippen LogP) is 0.744. The zero-order chi connectivity index (χ0) is 12.8.